The van der Waals surface area contributed by atoms with Crippen LogP contribution in [0.15, 0.2) is 60.7 Å². The maximum Gasteiger partial charge on any atom is 0.415 e. The minimum Gasteiger partial charge on any atom is -0.615 e. The van der Waals surface area contributed by atoms with Crippen LogP contribution >= 0.6 is 23.2 Å². The molecule has 5 rings (SSSR count). The zero-order valence-electron chi connectivity index (χ0n) is 27.4. The summed E-state index contributed by atoms with van der Waals surface area (Å²) >= 11 is 11.6. The van der Waals surface area contributed by atoms with Gasteiger partial charge in [-0.15, -0.1) is 0 Å². The fourth-order valence-corrected chi connectivity index (χ4v) is 9.15. The van der Waals surface area contributed by atoms with Crippen LogP contribution in [-0.4, -0.2) is 77.7 Å². The fraction of sp³-hybridized carbons (Fsp3) is 0.429. The zero-order chi connectivity index (χ0) is 36.4. The summed E-state index contributed by atoms with van der Waals surface area (Å²) in [5, 5.41) is 0.289. The number of hydrogen-bond donors (Lipinski definition) is 0. The first-order valence-corrected chi connectivity index (χ1v) is 18.0. The average Bonchev–Trinajstić information content (AvgIpc) is 3.33. The summed E-state index contributed by atoms with van der Waals surface area (Å²) in [4.78, 5) is 30.8. The number of amides is 2. The van der Waals surface area contributed by atoms with E-state index in [1.54, 1.807) is 6.07 Å². The normalized spacial score (nSPS) is 18.4. The lowest BCUT2D eigenvalue weighted by molar-refractivity contribution is -0.161. The number of carbonyl (C=O) groups excluding carboxylic acids is 2. The molecule has 2 heterocycles. The average molecular weight is 761 g/mol. The van der Waals surface area contributed by atoms with Crippen molar-refractivity contribution in [2.45, 2.75) is 54.3 Å². The van der Waals surface area contributed by atoms with E-state index in [1.165, 1.54) is 26.2 Å². The molecule has 1 saturated heterocycles. The van der Waals surface area contributed by atoms with E-state index in [2.05, 4.69) is 4.90 Å². The van der Waals surface area contributed by atoms with Gasteiger partial charge in [0.25, 0.3) is 0 Å². The van der Waals surface area contributed by atoms with Gasteiger partial charge >= 0.3 is 12.3 Å². The summed E-state index contributed by atoms with van der Waals surface area (Å²) in [6.45, 7) is 1.41. The van der Waals surface area contributed by atoms with Gasteiger partial charge in [-0.2, -0.15) is 13.2 Å². The van der Waals surface area contributed by atoms with Gasteiger partial charge in [-0.25, -0.2) is 13.6 Å². The summed E-state index contributed by atoms with van der Waals surface area (Å²) in [6, 6.07) is 15.0. The van der Waals surface area contributed by atoms with Gasteiger partial charge in [0.2, 0.25) is 5.91 Å². The standard InChI is InChI=1S/C35H36Cl2F5N3O4S/c1-43(31(46)20-35(40,41)42)22-33(24-8-10-27(36)28(37)18-24,44(2)32(47)49-25-9-11-29(38)30(39)19-25)12-5-15-45-16-13-34(14-17-45)26-7-4-3-6-23(26)21-50(34)48/h3-4,6-11,18-19H,5,12-17,20-22H2,1-2H3/t33-,50?/m1/s1. The van der Waals surface area contributed by atoms with E-state index in [-0.39, 0.29) is 22.2 Å². The number of halogens is 7. The second-order valence-corrected chi connectivity index (χ2v) is 15.4. The van der Waals surface area contributed by atoms with Crippen molar-refractivity contribution in [1.29, 1.82) is 0 Å². The molecule has 7 nitrogen and oxygen atoms in total. The van der Waals surface area contributed by atoms with Gasteiger partial charge in [0.15, 0.2) is 16.4 Å². The maximum absolute atomic E-state index is 14.0. The molecule has 1 spiro atoms. The molecule has 0 N–H and O–H groups in total. The molecule has 3 aromatic carbocycles. The molecule has 270 valence electrons. The van der Waals surface area contributed by atoms with Crippen molar-refractivity contribution in [3.63, 3.8) is 0 Å². The Morgan fingerprint density at radius 1 is 0.980 bits per heavy atom. The van der Waals surface area contributed by atoms with E-state index >= 15 is 0 Å². The molecule has 0 bridgehead atoms. The lowest BCUT2D eigenvalue weighted by atomic mass is 9.82. The largest absolute Gasteiger partial charge is 0.615 e. The van der Waals surface area contributed by atoms with E-state index in [0.717, 1.165) is 33.1 Å². The zero-order valence-corrected chi connectivity index (χ0v) is 29.7. The molecule has 0 radical (unpaired) electrons. The second kappa shape index (κ2) is 15.2. The van der Waals surface area contributed by atoms with Gasteiger partial charge in [-0.3, -0.25) is 9.69 Å². The van der Waals surface area contributed by atoms with Gasteiger partial charge < -0.3 is 19.1 Å². The van der Waals surface area contributed by atoms with Crippen molar-refractivity contribution in [3.8, 4) is 5.75 Å². The van der Waals surface area contributed by atoms with Gasteiger partial charge in [0.1, 0.15) is 17.9 Å². The first-order chi connectivity index (χ1) is 23.5. The first-order valence-electron chi connectivity index (χ1n) is 15.9. The number of carbonyl (C=O) groups is 2. The third kappa shape index (κ3) is 8.17. The second-order valence-electron chi connectivity index (χ2n) is 12.8. The Kier molecular flexibility index (Phi) is 11.6. The molecule has 1 fully saturated rings. The molecule has 2 atom stereocenters. The number of ether oxygens (including phenoxy) is 1. The van der Waals surface area contributed by atoms with Crippen molar-refractivity contribution in [3.05, 3.63) is 99.0 Å². The Morgan fingerprint density at radius 3 is 2.34 bits per heavy atom. The third-order valence-corrected chi connectivity index (χ3v) is 12.5. The number of alkyl halides is 3. The molecule has 50 heavy (non-hydrogen) atoms. The van der Waals surface area contributed by atoms with E-state index in [0.29, 0.717) is 56.3 Å². The number of likely N-dealkylation sites (tertiary alicyclic amines) is 1. The van der Waals surface area contributed by atoms with Crippen LogP contribution in [-0.2, 0) is 32.0 Å². The van der Waals surface area contributed by atoms with Crippen molar-refractivity contribution in [1.82, 2.24) is 14.7 Å². The minimum absolute atomic E-state index is 0.103. The lowest BCUT2D eigenvalue weighted by Gasteiger charge is -2.45. The third-order valence-electron chi connectivity index (χ3n) is 9.70. The fourth-order valence-electron chi connectivity index (χ4n) is 6.96. The number of piperidine rings is 1. The molecule has 0 aliphatic carbocycles. The predicted molar refractivity (Wildman–Crippen MR) is 181 cm³/mol. The summed E-state index contributed by atoms with van der Waals surface area (Å²) < 4.78 is 85.7. The van der Waals surface area contributed by atoms with Crippen LogP contribution in [0, 0.1) is 11.6 Å². The summed E-state index contributed by atoms with van der Waals surface area (Å²) in [5.74, 6) is -3.41. The van der Waals surface area contributed by atoms with Crippen LogP contribution in [0.5, 0.6) is 5.75 Å². The topological polar surface area (TPSA) is 76.2 Å². The smallest absolute Gasteiger partial charge is 0.415 e. The highest BCUT2D eigenvalue weighted by atomic mass is 35.5. The Balaban J connectivity index is 1.42. The van der Waals surface area contributed by atoms with Crippen molar-refractivity contribution >= 4 is 46.4 Å². The number of hydrogen-bond acceptors (Lipinski definition) is 5. The molecule has 1 unspecified atom stereocenters. The summed E-state index contributed by atoms with van der Waals surface area (Å²) in [6.07, 6.45) is -5.64. The molecule has 0 saturated carbocycles. The van der Waals surface area contributed by atoms with Crippen LogP contribution in [0.2, 0.25) is 10.0 Å². The Morgan fingerprint density at radius 2 is 1.68 bits per heavy atom. The number of benzene rings is 3. The van der Waals surface area contributed by atoms with Crippen LogP contribution in [0.25, 0.3) is 0 Å². The van der Waals surface area contributed by atoms with Gasteiger partial charge in [-0.05, 0) is 60.4 Å². The van der Waals surface area contributed by atoms with Crippen LogP contribution in [0.3, 0.4) is 0 Å². The lowest BCUT2D eigenvalue weighted by Crippen LogP contribution is -2.55. The molecular formula is C35H36Cl2F5N3O4S. The maximum atomic E-state index is 14.0. The van der Waals surface area contributed by atoms with Crippen molar-refractivity contribution in [2.24, 2.45) is 0 Å². The van der Waals surface area contributed by atoms with Crippen LogP contribution in [0.4, 0.5) is 26.7 Å². The molecule has 15 heteroatoms. The van der Waals surface area contributed by atoms with Crippen molar-refractivity contribution < 1.29 is 40.8 Å². The first kappa shape index (κ1) is 38.1. The Bertz CT molecular complexity index is 1730. The predicted octanol–water partition coefficient (Wildman–Crippen LogP) is 8.04. The van der Waals surface area contributed by atoms with E-state index in [4.69, 9.17) is 27.9 Å². The Hall–Kier alpha value is -3.10. The molecule has 2 aliphatic heterocycles. The molecule has 0 aromatic heterocycles. The van der Waals surface area contributed by atoms with Gasteiger partial charge in [0, 0.05) is 63.8 Å². The highest BCUT2D eigenvalue weighted by molar-refractivity contribution is 7.92. The highest BCUT2D eigenvalue weighted by Gasteiger charge is 2.52. The van der Waals surface area contributed by atoms with Crippen LogP contribution < -0.4 is 4.74 Å². The Labute approximate surface area is 300 Å². The summed E-state index contributed by atoms with van der Waals surface area (Å²) in [5.41, 5.74) is 1.07. The van der Waals surface area contributed by atoms with Crippen LogP contribution in [0.1, 0.15) is 48.8 Å². The SMILES string of the molecule is CN(C[C@](CCCN1CCC2(CC1)c1ccccc1C[S+]2[O-])(c1ccc(Cl)c(Cl)c1)N(C)C(=O)Oc1ccc(F)c(F)c1)C(=O)CC(F)(F)F. The number of likely N-dealkylation sites (N-methyl/N-ethyl adjacent to an activating group) is 2. The molecule has 2 amide bonds. The van der Waals surface area contributed by atoms with Gasteiger partial charge in [-0.1, -0.05) is 53.5 Å². The van der Waals surface area contributed by atoms with Gasteiger partial charge in [0.05, 0.1) is 15.6 Å². The molecule has 3 aromatic rings. The quantitative estimate of drug-likeness (QED) is 0.155. The number of rotatable bonds is 10. The monoisotopic (exact) mass is 759 g/mol. The number of nitrogens with zero attached hydrogens (tertiary/aromatic N) is 3. The highest BCUT2D eigenvalue weighted by Crippen LogP contribution is 2.49. The minimum atomic E-state index is -4.77. The number of fused-ring (bicyclic) bond motifs is 2. The molecular weight excluding hydrogens is 724 g/mol. The summed E-state index contributed by atoms with van der Waals surface area (Å²) in [7, 11) is 2.56. The molecule has 2 aliphatic rings. The van der Waals surface area contributed by atoms with E-state index in [1.807, 2.05) is 24.3 Å². The van der Waals surface area contributed by atoms with Crippen molar-refractivity contribution in [2.75, 3.05) is 40.3 Å². The van der Waals surface area contributed by atoms with E-state index < -0.39 is 64.2 Å². The van der Waals surface area contributed by atoms with E-state index in [9.17, 15) is 36.1 Å².